The van der Waals surface area contributed by atoms with Crippen LogP contribution in [-0.4, -0.2) is 47.5 Å². The number of halogens is 2. The maximum atomic E-state index is 12.4. The van der Waals surface area contributed by atoms with E-state index in [9.17, 15) is 4.79 Å². The highest BCUT2D eigenvalue weighted by Crippen LogP contribution is 2.34. The molecule has 24 heavy (non-hydrogen) atoms. The van der Waals surface area contributed by atoms with Crippen molar-refractivity contribution in [3.8, 4) is 0 Å². The molecule has 0 bridgehead atoms. The Labute approximate surface area is 156 Å². The molecule has 7 heteroatoms. The maximum absolute atomic E-state index is 12.4. The van der Waals surface area contributed by atoms with E-state index < -0.39 is 5.54 Å². The first-order valence-electron chi connectivity index (χ1n) is 8.36. The Kier molecular flexibility index (Phi) is 7.77. The third kappa shape index (κ3) is 4.74. The number of aromatic nitrogens is 1. The van der Waals surface area contributed by atoms with Crippen molar-refractivity contribution in [2.24, 2.45) is 11.7 Å². The minimum atomic E-state index is -0.537. The molecule has 2 N–H and O–H groups in total. The molecule has 1 aliphatic carbocycles. The molecule has 0 spiro atoms. The van der Waals surface area contributed by atoms with Gasteiger partial charge in [-0.1, -0.05) is 6.07 Å². The fraction of sp³-hybridized carbons (Fsp3) is 0.647. The summed E-state index contributed by atoms with van der Waals surface area (Å²) in [6.45, 7) is 5.69. The van der Waals surface area contributed by atoms with Gasteiger partial charge in [-0.25, -0.2) is 4.98 Å². The van der Waals surface area contributed by atoms with Gasteiger partial charge >= 0.3 is 0 Å². The Bertz CT molecular complexity index is 517. The molecule has 2 aliphatic rings. The van der Waals surface area contributed by atoms with E-state index in [1.165, 1.54) is 0 Å². The summed E-state index contributed by atoms with van der Waals surface area (Å²) < 4.78 is 0. The summed E-state index contributed by atoms with van der Waals surface area (Å²) in [5, 5.41) is 0. The second-order valence-electron chi connectivity index (χ2n) is 6.62. The molecule has 1 aromatic rings. The monoisotopic (exact) mass is 374 g/mol. The molecule has 1 saturated heterocycles. The van der Waals surface area contributed by atoms with Crippen LogP contribution in [0.2, 0.25) is 0 Å². The minimum Gasteiger partial charge on any atom is -0.357 e. The number of piperidine rings is 1. The Morgan fingerprint density at radius 2 is 2.00 bits per heavy atom. The lowest BCUT2D eigenvalue weighted by molar-refractivity contribution is -0.134. The molecule has 0 unspecified atom stereocenters. The molecule has 1 aliphatic heterocycles. The number of nitrogens with two attached hydrogens (primary N) is 1. The SMILES string of the molecule is CCN(CC1CCN(c2ccccn2)CC1)C(=O)C1(N)CC1.Cl.Cl. The number of carbonyl (C=O) groups is 1. The average molecular weight is 375 g/mol. The van der Waals surface area contributed by atoms with Crippen LogP contribution in [0.1, 0.15) is 32.6 Å². The Hall–Kier alpha value is -1.04. The smallest absolute Gasteiger partial charge is 0.242 e. The Morgan fingerprint density at radius 1 is 1.33 bits per heavy atom. The van der Waals surface area contributed by atoms with Gasteiger partial charge in [0.1, 0.15) is 5.82 Å². The first-order valence-corrected chi connectivity index (χ1v) is 8.36. The summed E-state index contributed by atoms with van der Waals surface area (Å²) in [7, 11) is 0. The lowest BCUT2D eigenvalue weighted by Crippen LogP contribution is -2.48. The molecular weight excluding hydrogens is 347 g/mol. The molecule has 3 rings (SSSR count). The van der Waals surface area contributed by atoms with Gasteiger partial charge < -0.3 is 15.5 Å². The number of carbonyl (C=O) groups excluding carboxylic acids is 1. The minimum absolute atomic E-state index is 0. The number of hydrogen-bond donors (Lipinski definition) is 1. The second kappa shape index (κ2) is 8.88. The summed E-state index contributed by atoms with van der Waals surface area (Å²) in [6.07, 6.45) is 5.76. The number of nitrogens with zero attached hydrogens (tertiary/aromatic N) is 3. The van der Waals surface area contributed by atoms with Crippen molar-refractivity contribution in [2.45, 2.75) is 38.1 Å². The molecule has 1 amide bonds. The van der Waals surface area contributed by atoms with E-state index in [1.54, 1.807) is 0 Å². The summed E-state index contributed by atoms with van der Waals surface area (Å²) >= 11 is 0. The number of hydrogen-bond acceptors (Lipinski definition) is 4. The van der Waals surface area contributed by atoms with Crippen LogP contribution in [0.25, 0.3) is 0 Å². The number of rotatable bonds is 5. The summed E-state index contributed by atoms with van der Waals surface area (Å²) in [5.41, 5.74) is 5.53. The highest BCUT2D eigenvalue weighted by Gasteiger charge is 2.48. The summed E-state index contributed by atoms with van der Waals surface area (Å²) in [6, 6.07) is 6.04. The number of pyridine rings is 1. The van der Waals surface area contributed by atoms with Crippen LogP contribution < -0.4 is 10.6 Å². The second-order valence-corrected chi connectivity index (χ2v) is 6.62. The maximum Gasteiger partial charge on any atom is 0.242 e. The van der Waals surface area contributed by atoms with Crippen molar-refractivity contribution in [1.29, 1.82) is 0 Å². The summed E-state index contributed by atoms with van der Waals surface area (Å²) in [4.78, 5) is 21.1. The van der Waals surface area contributed by atoms with Gasteiger partial charge in [0, 0.05) is 32.4 Å². The lowest BCUT2D eigenvalue weighted by atomic mass is 9.95. The van der Waals surface area contributed by atoms with E-state index in [1.807, 2.05) is 30.2 Å². The zero-order chi connectivity index (χ0) is 15.6. The molecule has 5 nitrogen and oxygen atoms in total. The fourth-order valence-electron chi connectivity index (χ4n) is 3.22. The van der Waals surface area contributed by atoms with Crippen molar-refractivity contribution < 1.29 is 4.79 Å². The van der Waals surface area contributed by atoms with Crippen LogP contribution >= 0.6 is 24.8 Å². The molecule has 2 fully saturated rings. The van der Waals surface area contributed by atoms with Gasteiger partial charge in [0.15, 0.2) is 0 Å². The molecule has 0 atom stereocenters. The van der Waals surface area contributed by atoms with E-state index in [0.717, 1.165) is 57.7 Å². The fourth-order valence-corrected chi connectivity index (χ4v) is 3.22. The van der Waals surface area contributed by atoms with Crippen molar-refractivity contribution in [3.63, 3.8) is 0 Å². The third-order valence-corrected chi connectivity index (χ3v) is 4.95. The molecule has 1 saturated carbocycles. The van der Waals surface area contributed by atoms with E-state index in [0.29, 0.717) is 5.92 Å². The standard InChI is InChI=1S/C17H26N4O.2ClH/c1-2-20(16(22)17(18)8-9-17)13-14-6-11-21(12-7-14)15-5-3-4-10-19-15;;/h3-5,10,14H,2,6-9,11-13,18H2,1H3;2*1H. The largest absolute Gasteiger partial charge is 0.357 e. The third-order valence-electron chi connectivity index (χ3n) is 4.95. The van der Waals surface area contributed by atoms with Gasteiger partial charge in [0.25, 0.3) is 0 Å². The van der Waals surface area contributed by atoms with Gasteiger partial charge in [-0.05, 0) is 50.7 Å². The summed E-state index contributed by atoms with van der Waals surface area (Å²) in [5.74, 6) is 1.79. The molecule has 0 radical (unpaired) electrons. The topological polar surface area (TPSA) is 62.5 Å². The van der Waals surface area contributed by atoms with Gasteiger partial charge in [0.2, 0.25) is 5.91 Å². The van der Waals surface area contributed by atoms with Crippen LogP contribution in [-0.2, 0) is 4.79 Å². The van der Waals surface area contributed by atoms with E-state index in [4.69, 9.17) is 5.73 Å². The Balaban J connectivity index is 0.00000144. The van der Waals surface area contributed by atoms with Crippen LogP contribution in [0.3, 0.4) is 0 Å². The Morgan fingerprint density at radius 3 is 2.50 bits per heavy atom. The molecule has 0 aromatic carbocycles. The van der Waals surface area contributed by atoms with Gasteiger partial charge in [-0.2, -0.15) is 0 Å². The van der Waals surface area contributed by atoms with Gasteiger partial charge in [-0.15, -0.1) is 24.8 Å². The highest BCUT2D eigenvalue weighted by atomic mass is 35.5. The van der Waals surface area contributed by atoms with Gasteiger partial charge in [-0.3, -0.25) is 4.79 Å². The van der Waals surface area contributed by atoms with Crippen LogP contribution in [0.15, 0.2) is 24.4 Å². The van der Waals surface area contributed by atoms with E-state index >= 15 is 0 Å². The first-order chi connectivity index (χ1) is 10.6. The molecule has 136 valence electrons. The average Bonchev–Trinajstić information content (AvgIpc) is 3.32. The van der Waals surface area contributed by atoms with Crippen molar-refractivity contribution in [3.05, 3.63) is 24.4 Å². The molecule has 2 heterocycles. The van der Waals surface area contributed by atoms with E-state index in [2.05, 4.69) is 16.0 Å². The number of likely N-dealkylation sites (N-methyl/N-ethyl adjacent to an activating group) is 1. The predicted octanol–water partition coefficient (Wildman–Crippen LogP) is 2.48. The highest BCUT2D eigenvalue weighted by molar-refractivity contribution is 5.89. The van der Waals surface area contributed by atoms with Crippen LogP contribution in [0.4, 0.5) is 5.82 Å². The predicted molar refractivity (Wildman–Crippen MR) is 102 cm³/mol. The molecular formula is C17H28Cl2N4O. The van der Waals surface area contributed by atoms with E-state index in [-0.39, 0.29) is 30.7 Å². The van der Waals surface area contributed by atoms with Crippen molar-refractivity contribution in [2.75, 3.05) is 31.1 Å². The van der Waals surface area contributed by atoms with Crippen molar-refractivity contribution >= 4 is 36.5 Å². The van der Waals surface area contributed by atoms with Crippen molar-refractivity contribution in [1.82, 2.24) is 9.88 Å². The van der Waals surface area contributed by atoms with Gasteiger partial charge in [0.05, 0.1) is 5.54 Å². The van der Waals surface area contributed by atoms with Crippen LogP contribution in [0, 0.1) is 5.92 Å². The first kappa shape index (κ1) is 21.0. The molecule has 1 aromatic heterocycles. The zero-order valence-corrected chi connectivity index (χ0v) is 15.8. The quantitative estimate of drug-likeness (QED) is 0.859. The number of amides is 1. The number of anilines is 1. The zero-order valence-electron chi connectivity index (χ0n) is 14.2. The van der Waals surface area contributed by atoms with Crippen LogP contribution in [0.5, 0.6) is 0 Å². The lowest BCUT2D eigenvalue weighted by Gasteiger charge is -2.35. The normalized spacial score (nSPS) is 19.0.